The minimum Gasteiger partial charge on any atom is -0.338 e. The molecule has 2 rings (SSSR count). The third-order valence-electron chi connectivity index (χ3n) is 2.80. The van der Waals surface area contributed by atoms with Crippen molar-refractivity contribution in [3.63, 3.8) is 0 Å². The van der Waals surface area contributed by atoms with E-state index in [2.05, 4.69) is 20.8 Å². The Morgan fingerprint density at radius 3 is 2.86 bits per heavy atom. The fourth-order valence-corrected chi connectivity index (χ4v) is 3.23. The SMILES string of the molecule is CCNC(=O)NC(=O)C(C)Sc1nnc(-c2cccs2)n1C. The van der Waals surface area contributed by atoms with Crippen molar-refractivity contribution in [2.45, 2.75) is 24.3 Å². The zero-order chi connectivity index (χ0) is 16.1. The van der Waals surface area contributed by atoms with Gasteiger partial charge in [-0.3, -0.25) is 10.1 Å². The molecule has 7 nitrogen and oxygen atoms in total. The molecule has 2 N–H and O–H groups in total. The van der Waals surface area contributed by atoms with Crippen LogP contribution in [0.2, 0.25) is 0 Å². The molecule has 2 aromatic rings. The van der Waals surface area contributed by atoms with E-state index in [0.29, 0.717) is 11.7 Å². The molecule has 0 aromatic carbocycles. The second kappa shape index (κ2) is 7.41. The maximum atomic E-state index is 11.9. The summed E-state index contributed by atoms with van der Waals surface area (Å²) < 4.78 is 1.84. The lowest BCUT2D eigenvalue weighted by molar-refractivity contribution is -0.119. The number of thiophene rings is 1. The van der Waals surface area contributed by atoms with Crippen LogP contribution in [0.4, 0.5) is 4.79 Å². The van der Waals surface area contributed by atoms with Gasteiger partial charge >= 0.3 is 6.03 Å². The second-order valence-corrected chi connectivity index (χ2v) is 6.71. The maximum absolute atomic E-state index is 11.9. The van der Waals surface area contributed by atoms with Crippen molar-refractivity contribution in [1.29, 1.82) is 0 Å². The van der Waals surface area contributed by atoms with E-state index in [1.807, 2.05) is 29.1 Å². The fraction of sp³-hybridized carbons (Fsp3) is 0.385. The third-order valence-corrected chi connectivity index (χ3v) is 4.80. The lowest BCUT2D eigenvalue weighted by atomic mass is 10.4. The Labute approximate surface area is 136 Å². The summed E-state index contributed by atoms with van der Waals surface area (Å²) in [6, 6.07) is 3.43. The molecule has 0 radical (unpaired) electrons. The molecular weight excluding hydrogens is 322 g/mol. The number of aromatic nitrogens is 3. The molecule has 2 heterocycles. The quantitative estimate of drug-likeness (QED) is 0.812. The molecule has 0 fully saturated rings. The highest BCUT2D eigenvalue weighted by Crippen LogP contribution is 2.27. The molecule has 1 unspecified atom stereocenters. The zero-order valence-electron chi connectivity index (χ0n) is 12.5. The summed E-state index contributed by atoms with van der Waals surface area (Å²) in [6.07, 6.45) is 0. The molecule has 3 amide bonds. The van der Waals surface area contributed by atoms with E-state index < -0.39 is 11.3 Å². The summed E-state index contributed by atoms with van der Waals surface area (Å²) in [4.78, 5) is 24.3. The molecule has 1 atom stereocenters. The van der Waals surface area contributed by atoms with Crippen LogP contribution in [0.25, 0.3) is 10.7 Å². The van der Waals surface area contributed by atoms with Gasteiger partial charge in [-0.25, -0.2) is 4.79 Å². The monoisotopic (exact) mass is 339 g/mol. The van der Waals surface area contributed by atoms with Crippen molar-refractivity contribution in [2.24, 2.45) is 7.05 Å². The number of hydrogen-bond acceptors (Lipinski definition) is 6. The minimum absolute atomic E-state index is 0.364. The maximum Gasteiger partial charge on any atom is 0.321 e. The smallest absolute Gasteiger partial charge is 0.321 e. The molecular formula is C13H17N5O2S2. The van der Waals surface area contributed by atoms with Gasteiger partial charge in [0, 0.05) is 13.6 Å². The van der Waals surface area contributed by atoms with Crippen LogP contribution in [0.15, 0.2) is 22.7 Å². The van der Waals surface area contributed by atoms with Gasteiger partial charge in [-0.2, -0.15) is 0 Å². The van der Waals surface area contributed by atoms with Crippen LogP contribution in [-0.4, -0.2) is 38.5 Å². The molecule has 0 spiro atoms. The van der Waals surface area contributed by atoms with E-state index in [-0.39, 0.29) is 5.91 Å². The summed E-state index contributed by atoms with van der Waals surface area (Å²) in [5, 5.41) is 15.2. The van der Waals surface area contributed by atoms with E-state index in [0.717, 1.165) is 10.7 Å². The summed E-state index contributed by atoms with van der Waals surface area (Å²) in [5.41, 5.74) is 0. The highest BCUT2D eigenvalue weighted by atomic mass is 32.2. The fourth-order valence-electron chi connectivity index (χ4n) is 1.67. The highest BCUT2D eigenvalue weighted by molar-refractivity contribution is 8.00. The minimum atomic E-state index is -0.489. The largest absolute Gasteiger partial charge is 0.338 e. The number of nitrogens with zero attached hydrogens (tertiary/aromatic N) is 3. The first-order chi connectivity index (χ1) is 10.5. The molecule has 2 aromatic heterocycles. The summed E-state index contributed by atoms with van der Waals surface area (Å²) >= 11 is 2.84. The zero-order valence-corrected chi connectivity index (χ0v) is 14.1. The summed E-state index contributed by atoms with van der Waals surface area (Å²) in [5.74, 6) is 0.394. The van der Waals surface area contributed by atoms with Crippen LogP contribution in [0, 0.1) is 0 Å². The van der Waals surface area contributed by atoms with Gasteiger partial charge in [0.1, 0.15) is 0 Å². The summed E-state index contributed by atoms with van der Waals surface area (Å²) in [6.45, 7) is 3.97. The number of thioether (sulfide) groups is 1. The van der Waals surface area contributed by atoms with Crippen molar-refractivity contribution in [1.82, 2.24) is 25.4 Å². The molecule has 0 saturated heterocycles. The highest BCUT2D eigenvalue weighted by Gasteiger charge is 2.20. The van der Waals surface area contributed by atoms with Crippen LogP contribution in [0.3, 0.4) is 0 Å². The van der Waals surface area contributed by atoms with Gasteiger partial charge in [0.2, 0.25) is 5.91 Å². The van der Waals surface area contributed by atoms with Gasteiger partial charge in [-0.1, -0.05) is 17.8 Å². The van der Waals surface area contributed by atoms with Crippen molar-refractivity contribution in [3.05, 3.63) is 17.5 Å². The summed E-state index contributed by atoms with van der Waals surface area (Å²) in [7, 11) is 1.85. The molecule has 0 saturated carbocycles. The lowest BCUT2D eigenvalue weighted by Gasteiger charge is -2.10. The van der Waals surface area contributed by atoms with E-state index in [1.54, 1.807) is 25.2 Å². The number of urea groups is 1. The number of hydrogen-bond donors (Lipinski definition) is 2. The van der Waals surface area contributed by atoms with Crippen molar-refractivity contribution >= 4 is 35.0 Å². The molecule has 22 heavy (non-hydrogen) atoms. The van der Waals surface area contributed by atoms with Crippen molar-refractivity contribution in [3.8, 4) is 10.7 Å². The van der Waals surface area contributed by atoms with Crippen molar-refractivity contribution < 1.29 is 9.59 Å². The average Bonchev–Trinajstić information content (AvgIpc) is 3.10. The molecule has 0 aliphatic heterocycles. The van der Waals surface area contributed by atoms with Gasteiger partial charge in [0.25, 0.3) is 0 Å². The van der Waals surface area contributed by atoms with Crippen LogP contribution in [-0.2, 0) is 11.8 Å². The van der Waals surface area contributed by atoms with Gasteiger partial charge < -0.3 is 9.88 Å². The molecule has 0 bridgehead atoms. The van der Waals surface area contributed by atoms with Crippen molar-refractivity contribution in [2.75, 3.05) is 6.54 Å². The number of amides is 3. The Morgan fingerprint density at radius 1 is 1.45 bits per heavy atom. The Morgan fingerprint density at radius 2 is 2.23 bits per heavy atom. The first kappa shape index (κ1) is 16.5. The van der Waals surface area contributed by atoms with Gasteiger partial charge in [0.15, 0.2) is 11.0 Å². The number of carbonyl (C=O) groups is 2. The van der Waals surface area contributed by atoms with E-state index >= 15 is 0 Å². The van der Waals surface area contributed by atoms with E-state index in [1.165, 1.54) is 11.8 Å². The Bertz CT molecular complexity index is 653. The lowest BCUT2D eigenvalue weighted by Crippen LogP contribution is -2.42. The molecule has 0 aliphatic carbocycles. The number of imide groups is 1. The van der Waals surface area contributed by atoms with Gasteiger partial charge in [-0.05, 0) is 25.3 Å². The molecule has 118 valence electrons. The van der Waals surface area contributed by atoms with Crippen LogP contribution in [0.5, 0.6) is 0 Å². The molecule has 0 aliphatic rings. The normalized spacial score (nSPS) is 12.0. The van der Waals surface area contributed by atoms with Crippen LogP contribution >= 0.6 is 23.1 Å². The van der Waals surface area contributed by atoms with Crippen LogP contribution in [0.1, 0.15) is 13.8 Å². The number of rotatable bonds is 5. The number of carbonyl (C=O) groups excluding carboxylic acids is 2. The first-order valence-corrected chi connectivity index (χ1v) is 8.47. The molecule has 9 heteroatoms. The third kappa shape index (κ3) is 3.86. The Kier molecular flexibility index (Phi) is 5.56. The first-order valence-electron chi connectivity index (χ1n) is 6.71. The van der Waals surface area contributed by atoms with E-state index in [9.17, 15) is 9.59 Å². The standard InChI is InChI=1S/C13H17N5O2S2/c1-4-14-12(20)15-11(19)8(2)22-13-17-16-10(18(13)3)9-6-5-7-21-9/h5-8H,4H2,1-3H3,(H2,14,15,19,20). The van der Waals surface area contributed by atoms with Gasteiger partial charge in [0.05, 0.1) is 10.1 Å². The average molecular weight is 339 g/mol. The predicted octanol–water partition coefficient (Wildman–Crippen LogP) is 1.87. The predicted molar refractivity (Wildman–Crippen MR) is 86.9 cm³/mol. The van der Waals surface area contributed by atoms with Gasteiger partial charge in [-0.15, -0.1) is 21.5 Å². The van der Waals surface area contributed by atoms with Crippen LogP contribution < -0.4 is 10.6 Å². The Hall–Kier alpha value is -1.87. The van der Waals surface area contributed by atoms with E-state index in [4.69, 9.17) is 0 Å². The number of nitrogens with one attached hydrogen (secondary N) is 2. The second-order valence-electron chi connectivity index (χ2n) is 4.45. The Balaban J connectivity index is 2.02. The topological polar surface area (TPSA) is 88.9 Å².